The molecule has 1 saturated heterocycles. The van der Waals surface area contributed by atoms with Crippen LogP contribution in [0, 0.1) is 22.6 Å². The van der Waals surface area contributed by atoms with Crippen molar-refractivity contribution in [1.82, 2.24) is 24.6 Å². The predicted octanol–water partition coefficient (Wildman–Crippen LogP) is 3.88. The molecule has 1 aliphatic heterocycles. The summed E-state index contributed by atoms with van der Waals surface area (Å²) in [6.45, 7) is 6.76. The summed E-state index contributed by atoms with van der Waals surface area (Å²) < 4.78 is 20.9. The molecule has 1 aromatic carbocycles. The highest BCUT2D eigenvalue weighted by Crippen LogP contribution is 2.35. The second kappa shape index (κ2) is 9.33. The molecule has 3 aromatic rings. The number of fused-ring (bicyclic) bond motifs is 1. The summed E-state index contributed by atoms with van der Waals surface area (Å²) in [7, 11) is 1.40. The first-order chi connectivity index (χ1) is 16.6. The van der Waals surface area contributed by atoms with Gasteiger partial charge in [0, 0.05) is 18.7 Å². The minimum absolute atomic E-state index is 0.0877. The number of methoxy groups -OCH3 is 1. The minimum atomic E-state index is -0.484. The molecule has 1 amide bonds. The number of likely N-dealkylation sites (tertiary alicyclic amines) is 1. The standard InChI is InChI=1S/C25H28FN7O2/c1-25(2,3)11-16(12-27)24(34)32-9-5-6-17(13-32)33-23-20(22(28)29-14-30-23)21(31-33)15-7-8-18(26)19(10-15)35-4/h7-8,10-11,14,17H,5-6,9,13H2,1-4H3,(H2,28,29,30)/b16-11+/t17-/m1/s1. The number of piperidine rings is 1. The highest BCUT2D eigenvalue weighted by molar-refractivity contribution is 5.99. The first-order valence-electron chi connectivity index (χ1n) is 11.4. The third kappa shape index (κ3) is 4.80. The zero-order valence-electron chi connectivity index (χ0n) is 20.2. The smallest absolute Gasteiger partial charge is 0.264 e. The molecule has 0 radical (unpaired) electrons. The molecule has 35 heavy (non-hydrogen) atoms. The van der Waals surface area contributed by atoms with E-state index in [2.05, 4.69) is 16.0 Å². The summed E-state index contributed by atoms with van der Waals surface area (Å²) in [6.07, 6.45) is 4.58. The Bertz CT molecular complexity index is 1350. The van der Waals surface area contributed by atoms with Crippen LogP contribution in [0.5, 0.6) is 5.75 Å². The van der Waals surface area contributed by atoms with Crippen molar-refractivity contribution in [3.63, 3.8) is 0 Å². The molecule has 0 spiro atoms. The van der Waals surface area contributed by atoms with Crippen LogP contribution in [-0.4, -0.2) is 50.8 Å². The fourth-order valence-corrected chi connectivity index (χ4v) is 4.34. The van der Waals surface area contributed by atoms with Gasteiger partial charge in [-0.05, 0) is 36.5 Å². The van der Waals surface area contributed by atoms with Crippen LogP contribution in [0.3, 0.4) is 0 Å². The number of benzene rings is 1. The number of amides is 1. The fraction of sp³-hybridized carbons (Fsp3) is 0.400. The van der Waals surface area contributed by atoms with Gasteiger partial charge in [-0.25, -0.2) is 19.0 Å². The van der Waals surface area contributed by atoms with Gasteiger partial charge in [-0.1, -0.05) is 26.8 Å². The number of allylic oxidation sites excluding steroid dienone is 1. The van der Waals surface area contributed by atoms with Crippen LogP contribution in [-0.2, 0) is 4.79 Å². The Morgan fingerprint density at radius 3 is 2.80 bits per heavy atom. The molecule has 0 unspecified atom stereocenters. The second-order valence-corrected chi connectivity index (χ2v) is 9.68. The van der Waals surface area contributed by atoms with Gasteiger partial charge in [0.1, 0.15) is 29.5 Å². The molecule has 182 valence electrons. The van der Waals surface area contributed by atoms with Gasteiger partial charge in [0.25, 0.3) is 5.91 Å². The number of carbonyl (C=O) groups excluding carboxylic acids is 1. The molecular weight excluding hydrogens is 449 g/mol. The van der Waals surface area contributed by atoms with Crippen LogP contribution in [0.4, 0.5) is 10.2 Å². The van der Waals surface area contributed by atoms with E-state index < -0.39 is 5.82 Å². The lowest BCUT2D eigenvalue weighted by molar-refractivity contribution is -0.128. The van der Waals surface area contributed by atoms with E-state index in [-0.39, 0.29) is 34.5 Å². The van der Waals surface area contributed by atoms with E-state index in [9.17, 15) is 14.4 Å². The van der Waals surface area contributed by atoms with Crippen molar-refractivity contribution in [3.05, 3.63) is 42.0 Å². The van der Waals surface area contributed by atoms with E-state index in [4.69, 9.17) is 15.6 Å². The van der Waals surface area contributed by atoms with Crippen LogP contribution in [0.15, 0.2) is 36.2 Å². The Labute approximate surface area is 203 Å². The van der Waals surface area contributed by atoms with Gasteiger partial charge in [0.15, 0.2) is 17.2 Å². The van der Waals surface area contributed by atoms with Crippen LogP contribution >= 0.6 is 0 Å². The third-order valence-corrected chi connectivity index (χ3v) is 5.90. The van der Waals surface area contributed by atoms with Crippen molar-refractivity contribution >= 4 is 22.8 Å². The summed E-state index contributed by atoms with van der Waals surface area (Å²) in [5.41, 5.74) is 7.69. The first-order valence-corrected chi connectivity index (χ1v) is 11.4. The molecule has 9 nitrogen and oxygen atoms in total. The molecule has 3 heterocycles. The number of nitrogens with two attached hydrogens (primary N) is 1. The number of nitrogens with zero attached hydrogens (tertiary/aromatic N) is 6. The number of rotatable bonds is 4. The number of halogens is 1. The highest BCUT2D eigenvalue weighted by Gasteiger charge is 2.30. The molecular formula is C25H28FN7O2. The van der Waals surface area contributed by atoms with Crippen LogP contribution in [0.1, 0.15) is 39.7 Å². The summed E-state index contributed by atoms with van der Waals surface area (Å²) in [5, 5.41) is 14.9. The minimum Gasteiger partial charge on any atom is -0.494 e. The Hall–Kier alpha value is -4.00. The van der Waals surface area contributed by atoms with E-state index in [0.29, 0.717) is 35.4 Å². The Morgan fingerprint density at radius 1 is 1.34 bits per heavy atom. The summed E-state index contributed by atoms with van der Waals surface area (Å²) in [6, 6.07) is 6.34. The van der Waals surface area contributed by atoms with Crippen molar-refractivity contribution < 1.29 is 13.9 Å². The molecule has 4 rings (SSSR count). The van der Waals surface area contributed by atoms with Gasteiger partial charge in [0.2, 0.25) is 0 Å². The lowest BCUT2D eigenvalue weighted by Gasteiger charge is -2.33. The van der Waals surface area contributed by atoms with Crippen molar-refractivity contribution in [3.8, 4) is 23.1 Å². The van der Waals surface area contributed by atoms with E-state index >= 15 is 0 Å². The maximum atomic E-state index is 14.0. The number of hydrogen-bond donors (Lipinski definition) is 1. The molecule has 1 aliphatic rings. The van der Waals surface area contributed by atoms with Gasteiger partial charge >= 0.3 is 0 Å². The average molecular weight is 478 g/mol. The number of ether oxygens (including phenoxy) is 1. The highest BCUT2D eigenvalue weighted by atomic mass is 19.1. The lowest BCUT2D eigenvalue weighted by Crippen LogP contribution is -2.41. The summed E-state index contributed by atoms with van der Waals surface area (Å²) in [5.74, 6) is -0.434. The zero-order valence-corrected chi connectivity index (χ0v) is 20.2. The van der Waals surface area contributed by atoms with Gasteiger partial charge in [-0.15, -0.1) is 0 Å². The molecule has 2 N–H and O–H groups in total. The maximum absolute atomic E-state index is 14.0. The zero-order chi connectivity index (χ0) is 25.3. The predicted molar refractivity (Wildman–Crippen MR) is 130 cm³/mol. The van der Waals surface area contributed by atoms with Crippen molar-refractivity contribution in [2.24, 2.45) is 5.41 Å². The molecule has 0 bridgehead atoms. The third-order valence-electron chi connectivity index (χ3n) is 5.90. The SMILES string of the molecule is COc1cc(-c2nn([C@@H]3CCCN(C(=O)/C(C#N)=C/C(C)(C)C)C3)c3ncnc(N)c23)ccc1F. The number of nitrogen functional groups attached to an aromatic ring is 1. The quantitative estimate of drug-likeness (QED) is 0.447. The number of carbonyl (C=O) groups is 1. The Balaban J connectivity index is 1.74. The summed E-state index contributed by atoms with van der Waals surface area (Å²) in [4.78, 5) is 23.4. The molecule has 1 atom stereocenters. The van der Waals surface area contributed by atoms with E-state index in [1.165, 1.54) is 19.5 Å². The monoisotopic (exact) mass is 477 g/mol. The Morgan fingerprint density at radius 2 is 2.11 bits per heavy atom. The molecule has 1 fully saturated rings. The second-order valence-electron chi connectivity index (χ2n) is 9.68. The normalized spacial score (nSPS) is 16.9. The molecule has 10 heteroatoms. The van der Waals surface area contributed by atoms with Crippen molar-refractivity contribution in [2.75, 3.05) is 25.9 Å². The van der Waals surface area contributed by atoms with Crippen LogP contribution < -0.4 is 10.5 Å². The molecule has 2 aromatic heterocycles. The molecule has 0 saturated carbocycles. The van der Waals surface area contributed by atoms with Crippen molar-refractivity contribution in [1.29, 1.82) is 5.26 Å². The van der Waals surface area contributed by atoms with Crippen LogP contribution in [0.2, 0.25) is 0 Å². The van der Waals surface area contributed by atoms with E-state index in [1.807, 2.05) is 20.8 Å². The number of aromatic nitrogens is 4. The largest absolute Gasteiger partial charge is 0.494 e. The van der Waals surface area contributed by atoms with Gasteiger partial charge in [0.05, 0.1) is 18.5 Å². The van der Waals surface area contributed by atoms with Gasteiger partial charge in [-0.3, -0.25) is 4.79 Å². The number of anilines is 1. The van der Waals surface area contributed by atoms with Crippen molar-refractivity contribution in [2.45, 2.75) is 39.7 Å². The van der Waals surface area contributed by atoms with Gasteiger partial charge < -0.3 is 15.4 Å². The first kappa shape index (κ1) is 24.1. The lowest BCUT2D eigenvalue weighted by atomic mass is 9.93. The van der Waals surface area contributed by atoms with E-state index in [0.717, 1.165) is 12.8 Å². The van der Waals surface area contributed by atoms with Crippen LogP contribution in [0.25, 0.3) is 22.3 Å². The summed E-state index contributed by atoms with van der Waals surface area (Å²) >= 11 is 0. The Kier molecular flexibility index (Phi) is 6.43. The average Bonchev–Trinajstić information content (AvgIpc) is 3.23. The maximum Gasteiger partial charge on any atom is 0.264 e. The number of nitriles is 1. The topological polar surface area (TPSA) is 123 Å². The number of hydrogen-bond acceptors (Lipinski definition) is 7. The molecule has 0 aliphatic carbocycles. The van der Waals surface area contributed by atoms with E-state index in [1.54, 1.807) is 27.8 Å². The van der Waals surface area contributed by atoms with Gasteiger partial charge in [-0.2, -0.15) is 10.4 Å². The fourth-order valence-electron chi connectivity index (χ4n) is 4.34.